The third kappa shape index (κ3) is 5.14. The number of hydrogen-bond donors (Lipinski definition) is 0. The van der Waals surface area contributed by atoms with Gasteiger partial charge >= 0.3 is 6.01 Å². The van der Waals surface area contributed by atoms with Crippen LogP contribution in [-0.2, 0) is 0 Å². The van der Waals surface area contributed by atoms with Crippen molar-refractivity contribution in [3.05, 3.63) is 24.9 Å². The molecule has 0 radical (unpaired) electrons. The lowest BCUT2D eigenvalue weighted by Gasteiger charge is -2.21. The molecule has 0 N–H and O–H groups in total. The lowest BCUT2D eigenvalue weighted by molar-refractivity contribution is 0.139. The van der Waals surface area contributed by atoms with Crippen LogP contribution in [0.3, 0.4) is 0 Å². The summed E-state index contributed by atoms with van der Waals surface area (Å²) in [5.74, 6) is 0.507. The summed E-state index contributed by atoms with van der Waals surface area (Å²) in [6, 6.07) is 2.04. The number of methoxy groups -OCH3 is 1. The van der Waals surface area contributed by atoms with Gasteiger partial charge < -0.3 is 14.4 Å². The summed E-state index contributed by atoms with van der Waals surface area (Å²) in [6.45, 7) is 4.54. The Kier molecular flexibility index (Phi) is 6.14. The Bertz CT molecular complexity index is 369. The van der Waals surface area contributed by atoms with Crippen LogP contribution in [0.5, 0.6) is 11.9 Å². The molecule has 0 saturated carbocycles. The summed E-state index contributed by atoms with van der Waals surface area (Å²) >= 11 is 0. The highest BCUT2D eigenvalue weighted by molar-refractivity contribution is 5.11. The molecule has 1 aromatic rings. The highest BCUT2D eigenvalue weighted by Gasteiger charge is 2.13. The van der Waals surface area contributed by atoms with Crippen molar-refractivity contribution in [1.29, 1.82) is 0 Å². The lowest BCUT2D eigenvalue weighted by atomic mass is 10.2. The summed E-state index contributed by atoms with van der Waals surface area (Å²) in [5.41, 5.74) is 0. The summed E-state index contributed by atoms with van der Waals surface area (Å²) in [5, 5.41) is 0. The Morgan fingerprint density at radius 1 is 1.50 bits per heavy atom. The van der Waals surface area contributed by atoms with Crippen LogP contribution in [0, 0.1) is 0 Å². The topological polar surface area (TPSA) is 47.5 Å². The minimum absolute atomic E-state index is 0.0464. The number of ether oxygens (including phenoxy) is 2. The predicted molar refractivity (Wildman–Crippen MR) is 71.0 cm³/mol. The van der Waals surface area contributed by atoms with Crippen molar-refractivity contribution in [2.75, 3.05) is 27.7 Å². The van der Waals surface area contributed by atoms with Gasteiger partial charge in [-0.3, -0.25) is 0 Å². The van der Waals surface area contributed by atoms with Crippen molar-refractivity contribution in [2.45, 2.75) is 18.9 Å². The van der Waals surface area contributed by atoms with Crippen molar-refractivity contribution >= 4 is 0 Å². The number of aromatic nitrogens is 2. The first kappa shape index (κ1) is 14.4. The number of nitrogens with zero attached hydrogens (tertiary/aromatic N) is 3. The molecule has 0 amide bonds. The van der Waals surface area contributed by atoms with E-state index < -0.39 is 0 Å². The molecular weight excluding hydrogens is 230 g/mol. The molecule has 1 heterocycles. The summed E-state index contributed by atoms with van der Waals surface area (Å²) in [7, 11) is 5.59. The smallest absolute Gasteiger partial charge is 0.319 e. The highest BCUT2D eigenvalue weighted by Crippen LogP contribution is 2.13. The Morgan fingerprint density at radius 3 is 2.89 bits per heavy atom. The second-order valence-corrected chi connectivity index (χ2v) is 4.25. The van der Waals surface area contributed by atoms with Crippen molar-refractivity contribution < 1.29 is 9.47 Å². The molecule has 0 fully saturated rings. The van der Waals surface area contributed by atoms with Crippen LogP contribution < -0.4 is 9.47 Å². The van der Waals surface area contributed by atoms with Gasteiger partial charge in [0.25, 0.3) is 0 Å². The van der Waals surface area contributed by atoms with E-state index in [-0.39, 0.29) is 6.10 Å². The zero-order valence-electron chi connectivity index (χ0n) is 11.3. The summed E-state index contributed by atoms with van der Waals surface area (Å²) in [4.78, 5) is 10.3. The summed E-state index contributed by atoms with van der Waals surface area (Å²) in [6.07, 6.45) is 5.36. The summed E-state index contributed by atoms with van der Waals surface area (Å²) < 4.78 is 10.8. The Balaban J connectivity index is 2.64. The zero-order valence-corrected chi connectivity index (χ0v) is 11.3. The number of rotatable bonds is 8. The molecular formula is C13H21N3O2. The molecule has 0 aliphatic rings. The lowest BCUT2D eigenvalue weighted by Crippen LogP contribution is -2.31. The number of allylic oxidation sites excluding steroid dienone is 1. The largest absolute Gasteiger partial charge is 0.481 e. The maximum absolute atomic E-state index is 5.78. The van der Waals surface area contributed by atoms with Crippen LogP contribution in [0.25, 0.3) is 0 Å². The van der Waals surface area contributed by atoms with Crippen LogP contribution in [-0.4, -0.2) is 48.7 Å². The molecule has 1 aromatic heterocycles. The fourth-order valence-corrected chi connectivity index (χ4v) is 1.54. The Hall–Kier alpha value is -1.62. The van der Waals surface area contributed by atoms with E-state index in [1.807, 2.05) is 20.2 Å². The van der Waals surface area contributed by atoms with Crippen LogP contribution in [0.15, 0.2) is 24.9 Å². The Morgan fingerprint density at radius 2 is 2.28 bits per heavy atom. The predicted octanol–water partition coefficient (Wildman–Crippen LogP) is 1.76. The molecule has 1 rings (SSSR count). The molecule has 1 atom stereocenters. The fourth-order valence-electron chi connectivity index (χ4n) is 1.54. The van der Waals surface area contributed by atoms with E-state index in [1.165, 1.54) is 0 Å². The molecule has 18 heavy (non-hydrogen) atoms. The molecule has 100 valence electrons. The first-order valence-corrected chi connectivity index (χ1v) is 5.95. The van der Waals surface area contributed by atoms with E-state index >= 15 is 0 Å². The number of hydrogen-bond acceptors (Lipinski definition) is 5. The van der Waals surface area contributed by atoms with Crippen LogP contribution >= 0.6 is 0 Å². The van der Waals surface area contributed by atoms with Crippen molar-refractivity contribution in [1.82, 2.24) is 14.9 Å². The van der Waals surface area contributed by atoms with E-state index in [1.54, 1.807) is 19.4 Å². The molecule has 0 aromatic carbocycles. The van der Waals surface area contributed by atoms with E-state index in [4.69, 9.17) is 9.47 Å². The maximum Gasteiger partial charge on any atom is 0.319 e. The van der Waals surface area contributed by atoms with Gasteiger partial charge in [0.05, 0.1) is 7.11 Å². The second kappa shape index (κ2) is 7.66. The van der Waals surface area contributed by atoms with Crippen LogP contribution in [0.2, 0.25) is 0 Å². The van der Waals surface area contributed by atoms with Gasteiger partial charge in [-0.1, -0.05) is 6.08 Å². The molecule has 0 bridgehead atoms. The minimum atomic E-state index is 0.0464. The fraction of sp³-hybridized carbons (Fsp3) is 0.538. The molecule has 0 saturated heterocycles. The van der Waals surface area contributed by atoms with Crippen LogP contribution in [0.4, 0.5) is 0 Å². The number of likely N-dealkylation sites (N-methyl/N-ethyl adjacent to an activating group) is 1. The van der Waals surface area contributed by atoms with Gasteiger partial charge in [0.15, 0.2) is 0 Å². The van der Waals surface area contributed by atoms with Gasteiger partial charge in [-0.2, -0.15) is 4.98 Å². The third-order valence-electron chi connectivity index (χ3n) is 2.35. The quantitative estimate of drug-likeness (QED) is 0.659. The van der Waals surface area contributed by atoms with E-state index in [9.17, 15) is 0 Å². The van der Waals surface area contributed by atoms with Crippen molar-refractivity contribution in [2.24, 2.45) is 0 Å². The van der Waals surface area contributed by atoms with Gasteiger partial charge in [0.1, 0.15) is 6.10 Å². The van der Waals surface area contributed by atoms with Gasteiger partial charge in [-0.15, -0.1) is 6.58 Å². The van der Waals surface area contributed by atoms with Crippen molar-refractivity contribution in [3.8, 4) is 11.9 Å². The van der Waals surface area contributed by atoms with Gasteiger partial charge in [0, 0.05) is 18.8 Å². The first-order chi connectivity index (χ1) is 8.65. The standard InChI is InChI=1S/C13H21N3O2/c1-5-6-7-11(10-16(2)3)18-13-14-9-8-12(15-13)17-4/h5,8-9,11H,1,6-7,10H2,2-4H3. The van der Waals surface area contributed by atoms with E-state index in [0.29, 0.717) is 11.9 Å². The monoisotopic (exact) mass is 251 g/mol. The van der Waals surface area contributed by atoms with Gasteiger partial charge in [-0.25, -0.2) is 4.98 Å². The minimum Gasteiger partial charge on any atom is -0.481 e. The van der Waals surface area contributed by atoms with E-state index in [0.717, 1.165) is 19.4 Å². The molecule has 0 spiro atoms. The Labute approximate surface area is 108 Å². The van der Waals surface area contributed by atoms with Crippen molar-refractivity contribution in [3.63, 3.8) is 0 Å². The second-order valence-electron chi connectivity index (χ2n) is 4.25. The molecule has 1 unspecified atom stereocenters. The first-order valence-electron chi connectivity index (χ1n) is 5.95. The molecule has 0 aliphatic carbocycles. The molecule has 0 aliphatic heterocycles. The molecule has 5 nitrogen and oxygen atoms in total. The maximum atomic E-state index is 5.78. The SMILES string of the molecule is C=CCCC(CN(C)C)Oc1nccc(OC)n1. The normalized spacial score (nSPS) is 12.2. The molecule has 5 heteroatoms. The van der Waals surface area contributed by atoms with Gasteiger partial charge in [-0.05, 0) is 26.9 Å². The average molecular weight is 251 g/mol. The van der Waals surface area contributed by atoms with Gasteiger partial charge in [0.2, 0.25) is 5.88 Å². The average Bonchev–Trinajstić information content (AvgIpc) is 2.35. The zero-order chi connectivity index (χ0) is 13.4. The van der Waals surface area contributed by atoms with E-state index in [2.05, 4.69) is 21.4 Å². The third-order valence-corrected chi connectivity index (χ3v) is 2.35. The van der Waals surface area contributed by atoms with Crippen LogP contribution in [0.1, 0.15) is 12.8 Å². The highest BCUT2D eigenvalue weighted by atomic mass is 16.5.